The summed E-state index contributed by atoms with van der Waals surface area (Å²) in [5.41, 5.74) is -0.00987. The van der Waals surface area contributed by atoms with Crippen LogP contribution in [0.15, 0.2) is 24.3 Å². The number of anilines is 1. The van der Waals surface area contributed by atoms with E-state index < -0.39 is 11.5 Å². The zero-order chi connectivity index (χ0) is 14.6. The van der Waals surface area contributed by atoms with E-state index in [1.54, 1.807) is 12.1 Å². The minimum atomic E-state index is -0.836. The standard InChI is InChI=1S/C16H22ClNO2/c1-2-12-4-3-10-16(11-9-12,15(19)20)18-14-7-5-13(17)6-8-14/h5-8,12,18H,2-4,9-11H2,1H3,(H,19,20). The quantitative estimate of drug-likeness (QED) is 0.800. The highest BCUT2D eigenvalue weighted by Crippen LogP contribution is 2.35. The molecule has 2 unspecified atom stereocenters. The van der Waals surface area contributed by atoms with Gasteiger partial charge in [0.2, 0.25) is 0 Å². The van der Waals surface area contributed by atoms with Crippen LogP contribution in [-0.2, 0) is 4.79 Å². The lowest BCUT2D eigenvalue weighted by atomic mass is 9.89. The molecule has 1 aromatic carbocycles. The summed E-state index contributed by atoms with van der Waals surface area (Å²) in [6.45, 7) is 2.19. The van der Waals surface area contributed by atoms with Crippen LogP contribution in [0.2, 0.25) is 5.02 Å². The number of benzene rings is 1. The van der Waals surface area contributed by atoms with Crippen molar-refractivity contribution in [1.82, 2.24) is 0 Å². The van der Waals surface area contributed by atoms with Crippen molar-refractivity contribution in [1.29, 1.82) is 0 Å². The van der Waals surface area contributed by atoms with E-state index in [-0.39, 0.29) is 0 Å². The minimum absolute atomic E-state index is 0.656. The van der Waals surface area contributed by atoms with Crippen LogP contribution in [0.4, 0.5) is 5.69 Å². The lowest BCUT2D eigenvalue weighted by Gasteiger charge is -2.30. The van der Waals surface area contributed by atoms with Gasteiger partial charge in [0, 0.05) is 10.7 Å². The zero-order valence-corrected chi connectivity index (χ0v) is 12.6. The molecular formula is C16H22ClNO2. The number of carboxylic acid groups (broad SMARTS) is 1. The second-order valence-electron chi connectivity index (χ2n) is 5.72. The van der Waals surface area contributed by atoms with Gasteiger partial charge in [-0.25, -0.2) is 4.79 Å². The molecule has 4 heteroatoms. The highest BCUT2D eigenvalue weighted by atomic mass is 35.5. The van der Waals surface area contributed by atoms with Crippen molar-refractivity contribution >= 4 is 23.3 Å². The highest BCUT2D eigenvalue weighted by molar-refractivity contribution is 6.30. The Kier molecular flexibility index (Phi) is 4.92. The summed E-state index contributed by atoms with van der Waals surface area (Å²) >= 11 is 5.87. The molecule has 1 aliphatic carbocycles. The van der Waals surface area contributed by atoms with Gasteiger partial charge in [0.05, 0.1) is 0 Å². The maximum Gasteiger partial charge on any atom is 0.329 e. The van der Waals surface area contributed by atoms with E-state index in [4.69, 9.17) is 11.6 Å². The van der Waals surface area contributed by atoms with Crippen molar-refractivity contribution in [2.24, 2.45) is 5.92 Å². The second-order valence-corrected chi connectivity index (χ2v) is 6.16. The first-order valence-electron chi connectivity index (χ1n) is 7.33. The number of aliphatic carboxylic acids is 1. The van der Waals surface area contributed by atoms with Crippen molar-refractivity contribution in [2.45, 2.75) is 51.0 Å². The first kappa shape index (κ1) is 15.2. The molecule has 110 valence electrons. The van der Waals surface area contributed by atoms with E-state index in [2.05, 4.69) is 12.2 Å². The summed E-state index contributed by atoms with van der Waals surface area (Å²) in [6, 6.07) is 7.25. The first-order chi connectivity index (χ1) is 9.55. The van der Waals surface area contributed by atoms with Crippen LogP contribution < -0.4 is 5.32 Å². The summed E-state index contributed by atoms with van der Waals surface area (Å²) in [5.74, 6) is -0.0903. The maximum atomic E-state index is 11.8. The minimum Gasteiger partial charge on any atom is -0.480 e. The van der Waals surface area contributed by atoms with Gasteiger partial charge in [-0.15, -0.1) is 0 Å². The van der Waals surface area contributed by atoms with Gasteiger partial charge < -0.3 is 10.4 Å². The van der Waals surface area contributed by atoms with Crippen LogP contribution in [-0.4, -0.2) is 16.6 Å². The molecule has 1 fully saturated rings. The van der Waals surface area contributed by atoms with E-state index in [0.29, 0.717) is 23.8 Å². The van der Waals surface area contributed by atoms with Crippen molar-refractivity contribution in [2.75, 3.05) is 5.32 Å². The summed E-state index contributed by atoms with van der Waals surface area (Å²) < 4.78 is 0. The normalized spacial score (nSPS) is 26.8. The van der Waals surface area contributed by atoms with Crippen LogP contribution in [0.5, 0.6) is 0 Å². The van der Waals surface area contributed by atoms with Gasteiger partial charge in [0.1, 0.15) is 5.54 Å². The average Bonchev–Trinajstić information content (AvgIpc) is 2.65. The molecule has 1 saturated carbocycles. The van der Waals surface area contributed by atoms with Crippen LogP contribution >= 0.6 is 11.6 Å². The average molecular weight is 296 g/mol. The molecular weight excluding hydrogens is 274 g/mol. The number of hydrogen-bond donors (Lipinski definition) is 2. The molecule has 0 aromatic heterocycles. The third-order valence-electron chi connectivity index (χ3n) is 4.41. The fraction of sp³-hybridized carbons (Fsp3) is 0.562. The molecule has 0 bridgehead atoms. The first-order valence-corrected chi connectivity index (χ1v) is 7.71. The molecule has 0 radical (unpaired) electrons. The van der Waals surface area contributed by atoms with Crippen molar-refractivity contribution < 1.29 is 9.90 Å². The molecule has 2 N–H and O–H groups in total. The number of nitrogens with one attached hydrogen (secondary N) is 1. The van der Waals surface area contributed by atoms with E-state index in [1.165, 1.54) is 0 Å². The molecule has 0 heterocycles. The summed E-state index contributed by atoms with van der Waals surface area (Å²) in [6.07, 6.45) is 5.57. The Hall–Kier alpha value is -1.22. The Morgan fingerprint density at radius 2 is 2.05 bits per heavy atom. The Morgan fingerprint density at radius 1 is 1.35 bits per heavy atom. The number of halogens is 1. The number of rotatable bonds is 4. The predicted octanol–water partition coefficient (Wildman–Crippen LogP) is 4.57. The molecule has 3 nitrogen and oxygen atoms in total. The van der Waals surface area contributed by atoms with Crippen LogP contribution in [0, 0.1) is 5.92 Å². The molecule has 0 spiro atoms. The Labute approximate surface area is 125 Å². The Morgan fingerprint density at radius 3 is 2.65 bits per heavy atom. The van der Waals surface area contributed by atoms with Gasteiger partial charge in [-0.3, -0.25) is 0 Å². The number of carbonyl (C=O) groups is 1. The molecule has 1 aromatic rings. The van der Waals surface area contributed by atoms with Crippen molar-refractivity contribution in [3.05, 3.63) is 29.3 Å². The number of hydrogen-bond acceptors (Lipinski definition) is 2. The summed E-state index contributed by atoms with van der Waals surface area (Å²) in [5, 5.41) is 13.6. The van der Waals surface area contributed by atoms with Gasteiger partial charge >= 0.3 is 5.97 Å². The topological polar surface area (TPSA) is 49.3 Å². The van der Waals surface area contributed by atoms with Crippen LogP contribution in [0.3, 0.4) is 0 Å². The number of carboxylic acids is 1. The molecule has 0 amide bonds. The second kappa shape index (κ2) is 6.49. The molecule has 1 aliphatic rings. The van der Waals surface area contributed by atoms with E-state index in [1.807, 2.05) is 12.1 Å². The zero-order valence-electron chi connectivity index (χ0n) is 11.9. The monoisotopic (exact) mass is 295 g/mol. The lowest BCUT2D eigenvalue weighted by molar-refractivity contribution is -0.142. The Balaban J connectivity index is 2.17. The van der Waals surface area contributed by atoms with Gasteiger partial charge in [-0.05, 0) is 49.4 Å². The van der Waals surface area contributed by atoms with E-state index in [9.17, 15) is 9.90 Å². The molecule has 0 aliphatic heterocycles. The fourth-order valence-electron chi connectivity index (χ4n) is 3.02. The maximum absolute atomic E-state index is 11.8. The Bertz CT molecular complexity index is 460. The highest BCUT2D eigenvalue weighted by Gasteiger charge is 2.39. The lowest BCUT2D eigenvalue weighted by Crippen LogP contribution is -2.46. The smallest absolute Gasteiger partial charge is 0.329 e. The third-order valence-corrected chi connectivity index (χ3v) is 4.66. The molecule has 2 rings (SSSR count). The van der Waals surface area contributed by atoms with Crippen LogP contribution in [0.25, 0.3) is 0 Å². The van der Waals surface area contributed by atoms with E-state index >= 15 is 0 Å². The van der Waals surface area contributed by atoms with Crippen molar-refractivity contribution in [3.63, 3.8) is 0 Å². The largest absolute Gasteiger partial charge is 0.480 e. The van der Waals surface area contributed by atoms with E-state index in [0.717, 1.165) is 31.4 Å². The predicted molar refractivity (Wildman–Crippen MR) is 82.3 cm³/mol. The molecule has 20 heavy (non-hydrogen) atoms. The van der Waals surface area contributed by atoms with Gasteiger partial charge in [0.15, 0.2) is 0 Å². The van der Waals surface area contributed by atoms with Gasteiger partial charge in [-0.1, -0.05) is 37.8 Å². The SMILES string of the molecule is CCC1CCCC(Nc2ccc(Cl)cc2)(C(=O)O)CC1. The molecule has 0 saturated heterocycles. The third kappa shape index (κ3) is 3.45. The fourth-order valence-corrected chi connectivity index (χ4v) is 3.15. The van der Waals surface area contributed by atoms with Crippen molar-refractivity contribution in [3.8, 4) is 0 Å². The summed E-state index contributed by atoms with van der Waals surface area (Å²) in [4.78, 5) is 11.8. The molecule has 2 atom stereocenters. The van der Waals surface area contributed by atoms with Crippen LogP contribution in [0.1, 0.15) is 45.4 Å². The van der Waals surface area contributed by atoms with Gasteiger partial charge in [-0.2, -0.15) is 0 Å². The van der Waals surface area contributed by atoms with Gasteiger partial charge in [0.25, 0.3) is 0 Å². The summed E-state index contributed by atoms with van der Waals surface area (Å²) in [7, 11) is 0.